The van der Waals surface area contributed by atoms with Crippen LogP contribution in [0.2, 0.25) is 0 Å². The fourth-order valence-electron chi connectivity index (χ4n) is 1.09. The molecule has 0 aromatic heterocycles. The van der Waals surface area contributed by atoms with Crippen molar-refractivity contribution in [3.05, 3.63) is 0 Å². The Labute approximate surface area is 87.8 Å². The third-order valence-corrected chi connectivity index (χ3v) is 4.00. The highest BCUT2D eigenvalue weighted by Gasteiger charge is 2.24. The summed E-state index contributed by atoms with van der Waals surface area (Å²) in [4.78, 5) is 0. The van der Waals surface area contributed by atoms with E-state index in [1.165, 1.54) is 0 Å². The molecule has 0 aromatic carbocycles. The quantitative estimate of drug-likeness (QED) is 0.697. The standard InChI is InChI=1S/C9H24N3OP/c1-6-12(7-2)14(10,13)11-8-9(3,4)5/h6-8H2,1-5H3,(H3,10,11,13). The minimum atomic E-state index is -2.82. The smallest absolute Gasteiger partial charge is 0.271 e. The predicted molar refractivity (Wildman–Crippen MR) is 62.2 cm³/mol. The lowest BCUT2D eigenvalue weighted by Gasteiger charge is -2.29. The Morgan fingerprint density at radius 1 is 1.29 bits per heavy atom. The molecule has 0 radical (unpaired) electrons. The van der Waals surface area contributed by atoms with Gasteiger partial charge in [-0.25, -0.2) is 9.76 Å². The molecule has 1 atom stereocenters. The van der Waals surface area contributed by atoms with Gasteiger partial charge in [0, 0.05) is 19.6 Å². The highest BCUT2D eigenvalue weighted by molar-refractivity contribution is 7.56. The van der Waals surface area contributed by atoms with Crippen molar-refractivity contribution in [3.8, 4) is 0 Å². The number of nitrogens with two attached hydrogens (primary N) is 1. The number of rotatable bonds is 5. The van der Waals surface area contributed by atoms with E-state index in [-0.39, 0.29) is 5.41 Å². The lowest BCUT2D eigenvalue weighted by molar-refractivity contribution is 0.384. The van der Waals surface area contributed by atoms with Crippen LogP contribution < -0.4 is 10.6 Å². The first-order valence-corrected chi connectivity index (χ1v) is 6.85. The molecule has 0 aromatic rings. The Kier molecular flexibility index (Phi) is 5.31. The molecule has 0 bridgehead atoms. The van der Waals surface area contributed by atoms with Gasteiger partial charge in [-0.3, -0.25) is 10.1 Å². The van der Waals surface area contributed by atoms with E-state index in [4.69, 9.17) is 5.50 Å². The Hall–Kier alpha value is 0.110. The number of nitrogens with zero attached hydrogens (tertiary/aromatic N) is 1. The summed E-state index contributed by atoms with van der Waals surface area (Å²) in [7, 11) is -2.82. The largest absolute Gasteiger partial charge is 0.279 e. The second kappa shape index (κ2) is 5.26. The summed E-state index contributed by atoms with van der Waals surface area (Å²) in [5.41, 5.74) is 5.86. The maximum absolute atomic E-state index is 12.0. The maximum atomic E-state index is 12.0. The van der Waals surface area contributed by atoms with Crippen LogP contribution in [0.1, 0.15) is 34.6 Å². The minimum Gasteiger partial charge on any atom is -0.271 e. The van der Waals surface area contributed by atoms with E-state index < -0.39 is 7.59 Å². The molecular formula is C9H24N3OP. The lowest BCUT2D eigenvalue weighted by Crippen LogP contribution is -2.36. The summed E-state index contributed by atoms with van der Waals surface area (Å²) in [6, 6.07) is 0. The predicted octanol–water partition coefficient (Wildman–Crippen LogP) is 2.03. The van der Waals surface area contributed by atoms with Gasteiger partial charge in [0.25, 0.3) is 7.59 Å². The maximum Gasteiger partial charge on any atom is 0.279 e. The first kappa shape index (κ1) is 14.1. The van der Waals surface area contributed by atoms with Crippen molar-refractivity contribution in [1.29, 1.82) is 0 Å². The molecule has 5 heteroatoms. The molecule has 0 aliphatic heterocycles. The van der Waals surface area contributed by atoms with Crippen LogP contribution in [0.5, 0.6) is 0 Å². The van der Waals surface area contributed by atoms with Crippen molar-refractivity contribution in [1.82, 2.24) is 9.76 Å². The molecule has 1 unspecified atom stereocenters. The molecule has 0 spiro atoms. The molecule has 0 aliphatic carbocycles. The SMILES string of the molecule is CCN(CC)P(N)(=O)NCC(C)(C)C. The third kappa shape index (κ3) is 5.11. The van der Waals surface area contributed by atoms with Crippen LogP contribution in [0.15, 0.2) is 0 Å². The molecule has 4 nitrogen and oxygen atoms in total. The van der Waals surface area contributed by atoms with Crippen LogP contribution in [0.3, 0.4) is 0 Å². The fraction of sp³-hybridized carbons (Fsp3) is 1.00. The molecule has 0 heterocycles. The average molecular weight is 221 g/mol. The van der Waals surface area contributed by atoms with E-state index in [0.29, 0.717) is 19.6 Å². The van der Waals surface area contributed by atoms with E-state index >= 15 is 0 Å². The Morgan fingerprint density at radius 3 is 2.00 bits per heavy atom. The van der Waals surface area contributed by atoms with Gasteiger partial charge in [0.15, 0.2) is 0 Å². The van der Waals surface area contributed by atoms with Gasteiger partial charge in [-0.2, -0.15) is 0 Å². The monoisotopic (exact) mass is 221 g/mol. The van der Waals surface area contributed by atoms with Gasteiger partial charge in [0.2, 0.25) is 0 Å². The zero-order valence-electron chi connectivity index (χ0n) is 10.0. The molecule has 0 aliphatic rings. The average Bonchev–Trinajstić information content (AvgIpc) is 2.02. The first-order valence-electron chi connectivity index (χ1n) is 5.12. The van der Waals surface area contributed by atoms with Crippen molar-refractivity contribution in [2.75, 3.05) is 19.6 Å². The van der Waals surface area contributed by atoms with Gasteiger partial charge in [0.1, 0.15) is 0 Å². The number of hydrogen-bond donors (Lipinski definition) is 2. The second-order valence-corrected chi connectivity index (χ2v) is 6.79. The fourth-order valence-corrected chi connectivity index (χ4v) is 2.84. The van der Waals surface area contributed by atoms with Crippen molar-refractivity contribution in [2.24, 2.45) is 10.9 Å². The Balaban J connectivity index is 4.26. The van der Waals surface area contributed by atoms with E-state index in [9.17, 15) is 4.57 Å². The molecule has 0 saturated carbocycles. The van der Waals surface area contributed by atoms with Crippen LogP contribution >= 0.6 is 7.59 Å². The minimum absolute atomic E-state index is 0.0994. The number of hydrogen-bond acceptors (Lipinski definition) is 1. The van der Waals surface area contributed by atoms with Gasteiger partial charge in [0.05, 0.1) is 0 Å². The van der Waals surface area contributed by atoms with Crippen molar-refractivity contribution in [3.63, 3.8) is 0 Å². The Bertz CT molecular complexity index is 209. The molecule has 0 amide bonds. The zero-order chi connectivity index (χ0) is 11.4. The topological polar surface area (TPSA) is 58.4 Å². The summed E-state index contributed by atoms with van der Waals surface area (Å²) < 4.78 is 13.8. The Morgan fingerprint density at radius 2 is 1.71 bits per heavy atom. The van der Waals surface area contributed by atoms with Crippen LogP contribution in [0.25, 0.3) is 0 Å². The van der Waals surface area contributed by atoms with Gasteiger partial charge in [-0.15, -0.1) is 0 Å². The van der Waals surface area contributed by atoms with Crippen LogP contribution in [0, 0.1) is 5.41 Å². The van der Waals surface area contributed by atoms with Gasteiger partial charge >= 0.3 is 0 Å². The van der Waals surface area contributed by atoms with Crippen molar-refractivity contribution in [2.45, 2.75) is 34.6 Å². The molecule has 3 N–H and O–H groups in total. The highest BCUT2D eigenvalue weighted by Crippen LogP contribution is 2.36. The van der Waals surface area contributed by atoms with E-state index in [1.54, 1.807) is 4.67 Å². The highest BCUT2D eigenvalue weighted by atomic mass is 31.2. The van der Waals surface area contributed by atoms with Gasteiger partial charge < -0.3 is 0 Å². The van der Waals surface area contributed by atoms with Crippen LogP contribution in [-0.4, -0.2) is 24.3 Å². The van der Waals surface area contributed by atoms with Crippen LogP contribution in [0.4, 0.5) is 0 Å². The van der Waals surface area contributed by atoms with Gasteiger partial charge in [-0.1, -0.05) is 34.6 Å². The second-order valence-electron chi connectivity index (χ2n) is 4.66. The van der Waals surface area contributed by atoms with Gasteiger partial charge in [-0.05, 0) is 5.41 Å². The summed E-state index contributed by atoms with van der Waals surface area (Å²) in [6.45, 7) is 12.3. The normalized spacial score (nSPS) is 17.1. The summed E-state index contributed by atoms with van der Waals surface area (Å²) in [5.74, 6) is 0. The first-order chi connectivity index (χ1) is 6.23. The summed E-state index contributed by atoms with van der Waals surface area (Å²) in [5, 5.41) is 2.96. The number of nitrogens with one attached hydrogen (secondary N) is 1. The molecular weight excluding hydrogens is 197 g/mol. The molecule has 86 valence electrons. The van der Waals surface area contributed by atoms with Crippen molar-refractivity contribution < 1.29 is 4.57 Å². The summed E-state index contributed by atoms with van der Waals surface area (Å²) >= 11 is 0. The third-order valence-electron chi connectivity index (χ3n) is 1.99. The zero-order valence-corrected chi connectivity index (χ0v) is 10.9. The molecule has 14 heavy (non-hydrogen) atoms. The molecule has 0 rings (SSSR count). The molecule has 0 fully saturated rings. The lowest BCUT2D eigenvalue weighted by atomic mass is 9.98. The van der Waals surface area contributed by atoms with E-state index in [0.717, 1.165) is 0 Å². The van der Waals surface area contributed by atoms with E-state index in [2.05, 4.69) is 25.9 Å². The molecule has 0 saturated heterocycles. The van der Waals surface area contributed by atoms with Crippen molar-refractivity contribution >= 4 is 7.59 Å². The van der Waals surface area contributed by atoms with Crippen LogP contribution in [-0.2, 0) is 4.57 Å². The summed E-state index contributed by atoms with van der Waals surface area (Å²) in [6.07, 6.45) is 0. The van der Waals surface area contributed by atoms with E-state index in [1.807, 2.05) is 13.8 Å².